The molecule has 146 valence electrons. The molecule has 4 rings (SSSR count). The van der Waals surface area contributed by atoms with Crippen LogP contribution in [0.3, 0.4) is 0 Å². The van der Waals surface area contributed by atoms with E-state index in [9.17, 15) is 4.39 Å². The van der Waals surface area contributed by atoms with Gasteiger partial charge in [-0.3, -0.25) is 0 Å². The van der Waals surface area contributed by atoms with Gasteiger partial charge in [0.2, 0.25) is 5.95 Å². The number of nitrogens with two attached hydrogens (primary N) is 1. The number of halogens is 1. The van der Waals surface area contributed by atoms with E-state index < -0.39 is 5.67 Å². The molecule has 1 fully saturated rings. The summed E-state index contributed by atoms with van der Waals surface area (Å²) in [5, 5.41) is 4.87. The predicted molar refractivity (Wildman–Crippen MR) is 105 cm³/mol. The minimum absolute atomic E-state index is 0.296. The molecule has 1 aromatic carbocycles. The van der Waals surface area contributed by atoms with Crippen molar-refractivity contribution in [2.45, 2.75) is 38.8 Å². The molecule has 1 aliphatic heterocycles. The Hall–Kier alpha value is -2.48. The number of fused-ring (bicyclic) bond motifs is 3. The van der Waals surface area contributed by atoms with Crippen LogP contribution in [0, 0.1) is 0 Å². The molecule has 27 heavy (non-hydrogen) atoms. The third kappa shape index (κ3) is 4.63. The Morgan fingerprint density at radius 3 is 2.63 bits per heavy atom. The van der Waals surface area contributed by atoms with E-state index in [1.807, 2.05) is 18.2 Å². The first-order chi connectivity index (χ1) is 12.9. The van der Waals surface area contributed by atoms with Crippen LogP contribution in [0.5, 0.6) is 5.75 Å². The maximum absolute atomic E-state index is 13.1. The monoisotopic (exact) mass is 374 g/mol. The van der Waals surface area contributed by atoms with Gasteiger partial charge in [0.1, 0.15) is 23.3 Å². The molecular formula is C19H27FN6O. The molecule has 0 amide bonds. The SMILES string of the molecule is CC(C)(F)CN1CCCCC1.COc1cccc2c1nc(N)n1ncnc21. The number of benzene rings is 1. The van der Waals surface area contributed by atoms with Gasteiger partial charge in [-0.25, -0.2) is 14.4 Å². The van der Waals surface area contributed by atoms with Crippen molar-refractivity contribution in [3.8, 4) is 5.75 Å². The lowest BCUT2D eigenvalue weighted by Gasteiger charge is -2.30. The van der Waals surface area contributed by atoms with E-state index in [0.717, 1.165) is 18.5 Å². The number of ether oxygens (including phenoxy) is 1. The van der Waals surface area contributed by atoms with Gasteiger partial charge in [-0.2, -0.15) is 9.61 Å². The minimum Gasteiger partial charge on any atom is -0.494 e. The number of methoxy groups -OCH3 is 1. The quantitative estimate of drug-likeness (QED) is 0.759. The van der Waals surface area contributed by atoms with Crippen LogP contribution < -0.4 is 10.5 Å². The number of likely N-dealkylation sites (tertiary alicyclic amines) is 1. The van der Waals surface area contributed by atoms with Crippen molar-refractivity contribution in [1.29, 1.82) is 0 Å². The van der Waals surface area contributed by atoms with Crippen molar-refractivity contribution in [1.82, 2.24) is 24.5 Å². The van der Waals surface area contributed by atoms with Gasteiger partial charge < -0.3 is 15.4 Å². The van der Waals surface area contributed by atoms with Crippen LogP contribution >= 0.6 is 0 Å². The van der Waals surface area contributed by atoms with E-state index >= 15 is 0 Å². The van der Waals surface area contributed by atoms with Crippen molar-refractivity contribution in [3.05, 3.63) is 24.5 Å². The van der Waals surface area contributed by atoms with Gasteiger partial charge in [-0.15, -0.1) is 0 Å². The van der Waals surface area contributed by atoms with Gasteiger partial charge in [-0.05, 0) is 51.9 Å². The summed E-state index contributed by atoms with van der Waals surface area (Å²) >= 11 is 0. The van der Waals surface area contributed by atoms with Crippen LogP contribution in [0.25, 0.3) is 16.6 Å². The average molecular weight is 374 g/mol. The predicted octanol–water partition coefficient (Wildman–Crippen LogP) is 3.09. The smallest absolute Gasteiger partial charge is 0.223 e. The van der Waals surface area contributed by atoms with Crippen molar-refractivity contribution in [3.63, 3.8) is 0 Å². The Kier molecular flexibility index (Phi) is 5.74. The molecule has 0 unspecified atom stereocenters. The third-order valence-corrected chi connectivity index (χ3v) is 4.50. The summed E-state index contributed by atoms with van der Waals surface area (Å²) in [4.78, 5) is 10.6. The molecule has 7 nitrogen and oxygen atoms in total. The lowest BCUT2D eigenvalue weighted by atomic mass is 10.1. The zero-order chi connectivity index (χ0) is 19.4. The highest BCUT2D eigenvalue weighted by Gasteiger charge is 2.21. The molecule has 3 aromatic rings. The molecule has 1 aliphatic rings. The average Bonchev–Trinajstić information content (AvgIpc) is 3.12. The zero-order valence-corrected chi connectivity index (χ0v) is 16.2. The fourth-order valence-corrected chi connectivity index (χ4v) is 3.39. The number of piperidine rings is 1. The Labute approximate surface area is 158 Å². The summed E-state index contributed by atoms with van der Waals surface area (Å²) in [6.45, 7) is 6.09. The van der Waals surface area contributed by atoms with E-state index in [-0.39, 0.29) is 0 Å². The van der Waals surface area contributed by atoms with Gasteiger partial charge in [0.05, 0.1) is 7.11 Å². The van der Waals surface area contributed by atoms with E-state index in [2.05, 4.69) is 20.0 Å². The molecule has 0 aliphatic carbocycles. The van der Waals surface area contributed by atoms with Crippen LogP contribution in [-0.4, -0.2) is 56.9 Å². The molecule has 0 radical (unpaired) electrons. The highest BCUT2D eigenvalue weighted by molar-refractivity contribution is 5.95. The van der Waals surface area contributed by atoms with E-state index in [4.69, 9.17) is 10.5 Å². The first-order valence-corrected chi connectivity index (χ1v) is 9.22. The first-order valence-electron chi connectivity index (χ1n) is 9.22. The van der Waals surface area contributed by atoms with Crippen LogP contribution in [-0.2, 0) is 0 Å². The fourth-order valence-electron chi connectivity index (χ4n) is 3.39. The van der Waals surface area contributed by atoms with Crippen molar-refractivity contribution in [2.24, 2.45) is 0 Å². The van der Waals surface area contributed by atoms with Gasteiger partial charge in [0.15, 0.2) is 5.65 Å². The van der Waals surface area contributed by atoms with E-state index in [1.165, 1.54) is 30.1 Å². The highest BCUT2D eigenvalue weighted by Crippen LogP contribution is 2.26. The van der Waals surface area contributed by atoms with Crippen molar-refractivity contribution in [2.75, 3.05) is 32.5 Å². The number of para-hydroxylation sites is 1. The van der Waals surface area contributed by atoms with Gasteiger partial charge in [0.25, 0.3) is 0 Å². The van der Waals surface area contributed by atoms with Crippen LogP contribution in [0.1, 0.15) is 33.1 Å². The molecule has 0 spiro atoms. The van der Waals surface area contributed by atoms with Crippen molar-refractivity contribution >= 4 is 22.5 Å². The van der Waals surface area contributed by atoms with Crippen LogP contribution in [0.2, 0.25) is 0 Å². The summed E-state index contributed by atoms with van der Waals surface area (Å²) in [6, 6.07) is 5.63. The standard InChI is InChI=1S/C10H9N5O.C9H18FN/c1-16-7-4-2-3-6-8(7)14-10(11)15-9(6)12-5-13-15;1-9(2,10)8-11-6-4-3-5-7-11/h2-5H,1H3,(H2,11,14);3-8H2,1-2H3. The van der Waals surface area contributed by atoms with E-state index in [1.54, 1.807) is 21.0 Å². The molecule has 0 saturated carbocycles. The first kappa shape index (κ1) is 19.3. The molecule has 2 aromatic heterocycles. The van der Waals surface area contributed by atoms with Gasteiger partial charge >= 0.3 is 0 Å². The molecule has 3 heterocycles. The van der Waals surface area contributed by atoms with Crippen LogP contribution in [0.15, 0.2) is 24.5 Å². The van der Waals surface area contributed by atoms with Gasteiger partial charge in [-0.1, -0.05) is 12.5 Å². The molecule has 8 heteroatoms. The number of nitrogen functional groups attached to an aromatic ring is 1. The van der Waals surface area contributed by atoms with Crippen molar-refractivity contribution < 1.29 is 9.13 Å². The molecule has 2 N–H and O–H groups in total. The summed E-state index contributed by atoms with van der Waals surface area (Å²) in [5.41, 5.74) is 6.15. The second-order valence-electron chi connectivity index (χ2n) is 7.38. The Morgan fingerprint density at radius 1 is 1.22 bits per heavy atom. The number of hydrogen-bond donors (Lipinski definition) is 1. The Bertz CT molecular complexity index is 898. The van der Waals surface area contributed by atoms with E-state index in [0.29, 0.717) is 29.4 Å². The number of hydrogen-bond acceptors (Lipinski definition) is 6. The fraction of sp³-hybridized carbons (Fsp3) is 0.526. The lowest BCUT2D eigenvalue weighted by molar-refractivity contribution is 0.111. The molecular weight excluding hydrogens is 347 g/mol. The number of rotatable bonds is 3. The summed E-state index contributed by atoms with van der Waals surface area (Å²) < 4.78 is 19.9. The number of alkyl halides is 1. The molecule has 0 bridgehead atoms. The number of nitrogens with zero attached hydrogens (tertiary/aromatic N) is 5. The Morgan fingerprint density at radius 2 is 1.96 bits per heavy atom. The highest BCUT2D eigenvalue weighted by atomic mass is 19.1. The lowest BCUT2D eigenvalue weighted by Crippen LogP contribution is -2.38. The second-order valence-corrected chi connectivity index (χ2v) is 7.38. The third-order valence-electron chi connectivity index (χ3n) is 4.50. The summed E-state index contributed by atoms with van der Waals surface area (Å²) in [7, 11) is 1.60. The maximum Gasteiger partial charge on any atom is 0.223 e. The van der Waals surface area contributed by atoms with Crippen LogP contribution in [0.4, 0.5) is 10.3 Å². The Balaban J connectivity index is 0.000000168. The topological polar surface area (TPSA) is 81.6 Å². The zero-order valence-electron chi connectivity index (χ0n) is 16.2. The number of aromatic nitrogens is 4. The molecule has 0 atom stereocenters. The second kappa shape index (κ2) is 8.04. The largest absolute Gasteiger partial charge is 0.494 e. The maximum atomic E-state index is 13.1. The minimum atomic E-state index is -1.02. The summed E-state index contributed by atoms with van der Waals surface area (Å²) in [5.74, 6) is 0.971. The summed E-state index contributed by atoms with van der Waals surface area (Å²) in [6.07, 6.45) is 5.27. The normalized spacial score (nSPS) is 15.6. The molecule has 1 saturated heterocycles. The number of anilines is 1. The van der Waals surface area contributed by atoms with Gasteiger partial charge in [0, 0.05) is 11.9 Å².